The molecule has 1 aromatic rings. The molecule has 2 rings (SSSR count). The van der Waals surface area contributed by atoms with E-state index < -0.39 is 0 Å². The summed E-state index contributed by atoms with van der Waals surface area (Å²) in [6.07, 6.45) is 0.360. The minimum atomic E-state index is -0.112. The molecule has 0 unspecified atom stereocenters. The molecule has 1 heterocycles. The molecule has 0 saturated carbocycles. The Kier molecular flexibility index (Phi) is 4.16. The van der Waals surface area contributed by atoms with Crippen molar-refractivity contribution < 1.29 is 14.7 Å². The van der Waals surface area contributed by atoms with Crippen LogP contribution in [0.5, 0.6) is 0 Å². The van der Waals surface area contributed by atoms with Gasteiger partial charge in [-0.15, -0.1) is 0 Å². The van der Waals surface area contributed by atoms with E-state index in [4.69, 9.17) is 5.11 Å². The Hall–Kier alpha value is -1.88. The van der Waals surface area contributed by atoms with Crippen LogP contribution in [-0.2, 0) is 16.0 Å². The number of nitrogens with zero attached hydrogens (tertiary/aromatic N) is 1. The molecule has 1 aliphatic rings. The Morgan fingerprint density at radius 3 is 2.47 bits per heavy atom. The summed E-state index contributed by atoms with van der Waals surface area (Å²) in [5.41, 5.74) is 1.65. The molecule has 102 valence electrons. The van der Waals surface area contributed by atoms with Gasteiger partial charge in [-0.1, -0.05) is 12.1 Å². The number of hydrogen-bond acceptors (Lipinski definition) is 3. The summed E-state index contributed by atoms with van der Waals surface area (Å²) in [6.45, 7) is 2.91. The normalized spacial score (nSPS) is 14.9. The van der Waals surface area contributed by atoms with E-state index in [1.807, 2.05) is 12.1 Å². The molecule has 0 radical (unpaired) electrons. The van der Waals surface area contributed by atoms with Crippen LogP contribution in [0.4, 0.5) is 5.69 Å². The smallest absolute Gasteiger partial charge is 0.227 e. The van der Waals surface area contributed by atoms with E-state index in [9.17, 15) is 9.59 Å². The molecular formula is C14H18N2O3. The second kappa shape index (κ2) is 5.84. The van der Waals surface area contributed by atoms with Crippen molar-refractivity contribution in [1.29, 1.82) is 0 Å². The zero-order valence-corrected chi connectivity index (χ0v) is 10.9. The van der Waals surface area contributed by atoms with Gasteiger partial charge in [-0.05, 0) is 17.7 Å². The van der Waals surface area contributed by atoms with Crippen molar-refractivity contribution in [1.82, 2.24) is 4.90 Å². The minimum absolute atomic E-state index is 0.0805. The number of benzene rings is 1. The van der Waals surface area contributed by atoms with Crippen molar-refractivity contribution in [2.75, 3.05) is 25.0 Å². The highest BCUT2D eigenvalue weighted by Crippen LogP contribution is 2.17. The maximum Gasteiger partial charge on any atom is 0.227 e. The zero-order valence-electron chi connectivity index (χ0n) is 10.9. The van der Waals surface area contributed by atoms with Gasteiger partial charge in [0.15, 0.2) is 0 Å². The molecule has 0 aliphatic carbocycles. The Balaban J connectivity index is 1.86. The van der Waals surface area contributed by atoms with Gasteiger partial charge in [-0.3, -0.25) is 9.59 Å². The fourth-order valence-electron chi connectivity index (χ4n) is 2.08. The summed E-state index contributed by atoms with van der Waals surface area (Å²) in [5.74, 6) is 0.211. The number of amides is 2. The molecule has 1 aliphatic heterocycles. The summed E-state index contributed by atoms with van der Waals surface area (Å²) < 4.78 is 0. The van der Waals surface area contributed by atoms with E-state index in [1.54, 1.807) is 17.0 Å². The molecule has 19 heavy (non-hydrogen) atoms. The van der Waals surface area contributed by atoms with Gasteiger partial charge < -0.3 is 15.3 Å². The van der Waals surface area contributed by atoms with Crippen LogP contribution in [0.1, 0.15) is 12.5 Å². The van der Waals surface area contributed by atoms with E-state index in [2.05, 4.69) is 5.32 Å². The van der Waals surface area contributed by atoms with Gasteiger partial charge in [0, 0.05) is 38.2 Å². The second-order valence-electron chi connectivity index (χ2n) is 4.90. The maximum atomic E-state index is 11.9. The monoisotopic (exact) mass is 262 g/mol. The van der Waals surface area contributed by atoms with E-state index >= 15 is 0 Å². The number of nitrogens with one attached hydrogen (secondary N) is 1. The third kappa shape index (κ3) is 3.54. The van der Waals surface area contributed by atoms with Gasteiger partial charge in [0.2, 0.25) is 11.8 Å². The van der Waals surface area contributed by atoms with Crippen LogP contribution < -0.4 is 5.32 Å². The van der Waals surface area contributed by atoms with E-state index in [0.717, 1.165) is 11.3 Å². The number of anilines is 1. The zero-order chi connectivity index (χ0) is 13.8. The molecule has 5 heteroatoms. The third-order valence-corrected chi connectivity index (χ3v) is 3.20. The average Bonchev–Trinajstić information content (AvgIpc) is 2.29. The highest BCUT2D eigenvalue weighted by Gasteiger charge is 2.29. The molecule has 0 aromatic heterocycles. The lowest BCUT2D eigenvalue weighted by molar-refractivity contribution is -0.137. The molecule has 1 saturated heterocycles. The van der Waals surface area contributed by atoms with E-state index in [-0.39, 0.29) is 24.3 Å². The molecule has 0 atom stereocenters. The largest absolute Gasteiger partial charge is 0.396 e. The lowest BCUT2D eigenvalue weighted by Crippen LogP contribution is -2.51. The fourth-order valence-corrected chi connectivity index (χ4v) is 2.08. The summed E-state index contributed by atoms with van der Waals surface area (Å²) in [4.78, 5) is 24.5. The lowest BCUT2D eigenvalue weighted by atomic mass is 10.00. The first-order valence-electron chi connectivity index (χ1n) is 6.33. The van der Waals surface area contributed by atoms with E-state index in [0.29, 0.717) is 19.5 Å². The molecule has 5 nitrogen and oxygen atoms in total. The van der Waals surface area contributed by atoms with Crippen LogP contribution in [0.3, 0.4) is 0 Å². The molecule has 0 bridgehead atoms. The highest BCUT2D eigenvalue weighted by atomic mass is 16.3. The van der Waals surface area contributed by atoms with Gasteiger partial charge >= 0.3 is 0 Å². The number of likely N-dealkylation sites (tertiary alicyclic amines) is 1. The fraction of sp³-hybridized carbons (Fsp3) is 0.429. The SMILES string of the molecule is CC(=O)Nc1ccc(CC(=O)N2CC(CO)C2)cc1. The van der Waals surface area contributed by atoms with Crippen LogP contribution >= 0.6 is 0 Å². The van der Waals surface area contributed by atoms with Gasteiger partial charge in [0.05, 0.1) is 6.42 Å². The summed E-state index contributed by atoms with van der Waals surface area (Å²) >= 11 is 0. The van der Waals surface area contributed by atoms with Crippen LogP contribution in [-0.4, -0.2) is 41.5 Å². The van der Waals surface area contributed by atoms with Crippen LogP contribution in [0, 0.1) is 5.92 Å². The Labute approximate surface area is 112 Å². The number of aliphatic hydroxyl groups is 1. The molecule has 2 N–H and O–H groups in total. The van der Waals surface area contributed by atoms with E-state index in [1.165, 1.54) is 6.92 Å². The number of rotatable bonds is 4. The van der Waals surface area contributed by atoms with Gasteiger partial charge in [-0.25, -0.2) is 0 Å². The minimum Gasteiger partial charge on any atom is -0.396 e. The topological polar surface area (TPSA) is 69.6 Å². The summed E-state index contributed by atoms with van der Waals surface area (Å²) in [7, 11) is 0. The Morgan fingerprint density at radius 2 is 1.95 bits per heavy atom. The van der Waals surface area contributed by atoms with Gasteiger partial charge in [-0.2, -0.15) is 0 Å². The summed E-state index contributed by atoms with van der Waals surface area (Å²) in [5, 5.41) is 11.6. The average molecular weight is 262 g/mol. The van der Waals surface area contributed by atoms with Crippen molar-refractivity contribution >= 4 is 17.5 Å². The molecule has 0 spiro atoms. The predicted molar refractivity (Wildman–Crippen MR) is 71.6 cm³/mol. The van der Waals surface area contributed by atoms with Gasteiger partial charge in [0.25, 0.3) is 0 Å². The van der Waals surface area contributed by atoms with Crippen molar-refractivity contribution in [3.05, 3.63) is 29.8 Å². The molecule has 1 fully saturated rings. The maximum absolute atomic E-state index is 11.9. The molecule has 1 aromatic carbocycles. The Bertz CT molecular complexity index is 464. The van der Waals surface area contributed by atoms with Crippen molar-refractivity contribution in [2.45, 2.75) is 13.3 Å². The summed E-state index contributed by atoms with van der Waals surface area (Å²) in [6, 6.07) is 7.26. The number of hydrogen-bond donors (Lipinski definition) is 2. The lowest BCUT2D eigenvalue weighted by Gasteiger charge is -2.38. The van der Waals surface area contributed by atoms with Crippen molar-refractivity contribution in [2.24, 2.45) is 5.92 Å². The number of carbonyl (C=O) groups is 2. The first-order valence-corrected chi connectivity index (χ1v) is 6.33. The molecular weight excluding hydrogens is 244 g/mol. The van der Waals surface area contributed by atoms with Gasteiger partial charge in [0.1, 0.15) is 0 Å². The standard InChI is InChI=1S/C14H18N2O3/c1-10(18)15-13-4-2-11(3-5-13)6-14(19)16-7-12(8-16)9-17/h2-5,12,17H,6-9H2,1H3,(H,15,18). The highest BCUT2D eigenvalue weighted by molar-refractivity contribution is 5.88. The quantitative estimate of drug-likeness (QED) is 0.836. The number of aliphatic hydroxyl groups excluding tert-OH is 1. The Morgan fingerprint density at radius 1 is 1.32 bits per heavy atom. The first kappa shape index (κ1) is 13.5. The van der Waals surface area contributed by atoms with Crippen LogP contribution in [0.2, 0.25) is 0 Å². The van der Waals surface area contributed by atoms with Crippen LogP contribution in [0.15, 0.2) is 24.3 Å². The predicted octanol–water partition coefficient (Wildman–Crippen LogP) is 0.638. The number of carbonyl (C=O) groups excluding carboxylic acids is 2. The first-order chi connectivity index (χ1) is 9.08. The second-order valence-corrected chi connectivity index (χ2v) is 4.90. The van der Waals surface area contributed by atoms with Crippen molar-refractivity contribution in [3.63, 3.8) is 0 Å². The third-order valence-electron chi connectivity index (χ3n) is 3.20. The van der Waals surface area contributed by atoms with Crippen molar-refractivity contribution in [3.8, 4) is 0 Å². The van der Waals surface area contributed by atoms with Crippen LogP contribution in [0.25, 0.3) is 0 Å². The molecule has 2 amide bonds.